The van der Waals surface area contributed by atoms with Crippen molar-refractivity contribution in [2.45, 2.75) is 33.2 Å². The first kappa shape index (κ1) is 14.5. The second-order valence-corrected chi connectivity index (χ2v) is 6.79. The molecule has 4 nitrogen and oxygen atoms in total. The summed E-state index contributed by atoms with van der Waals surface area (Å²) in [6.07, 6.45) is 2.29. The van der Waals surface area contributed by atoms with Crippen LogP contribution in [-0.2, 0) is 6.54 Å². The van der Waals surface area contributed by atoms with Gasteiger partial charge in [0.05, 0.1) is 10.5 Å². The lowest BCUT2D eigenvalue weighted by molar-refractivity contribution is -0.385. The van der Waals surface area contributed by atoms with E-state index in [0.717, 1.165) is 36.0 Å². The summed E-state index contributed by atoms with van der Waals surface area (Å²) in [7, 11) is 0. The Balaban J connectivity index is 2.14. The van der Waals surface area contributed by atoms with Crippen molar-refractivity contribution in [3.05, 3.63) is 38.3 Å². The fourth-order valence-corrected chi connectivity index (χ4v) is 2.90. The van der Waals surface area contributed by atoms with Crippen LogP contribution in [0.25, 0.3) is 0 Å². The van der Waals surface area contributed by atoms with E-state index in [1.54, 1.807) is 12.1 Å². The van der Waals surface area contributed by atoms with Crippen LogP contribution >= 0.6 is 15.9 Å². The fourth-order valence-electron chi connectivity index (χ4n) is 2.41. The molecule has 0 aromatic heterocycles. The van der Waals surface area contributed by atoms with E-state index in [1.165, 1.54) is 0 Å². The maximum absolute atomic E-state index is 11.1. The molecular weight excluding hydrogens is 308 g/mol. The zero-order chi connectivity index (χ0) is 14.0. The van der Waals surface area contributed by atoms with Gasteiger partial charge in [0, 0.05) is 17.1 Å². The molecule has 1 fully saturated rings. The maximum Gasteiger partial charge on any atom is 0.275 e. The Morgan fingerprint density at radius 1 is 1.37 bits per heavy atom. The van der Waals surface area contributed by atoms with E-state index in [4.69, 9.17) is 0 Å². The zero-order valence-electron chi connectivity index (χ0n) is 11.4. The van der Waals surface area contributed by atoms with Gasteiger partial charge in [0.2, 0.25) is 0 Å². The van der Waals surface area contributed by atoms with Crippen molar-refractivity contribution >= 4 is 21.6 Å². The van der Waals surface area contributed by atoms with E-state index < -0.39 is 0 Å². The first-order chi connectivity index (χ1) is 8.89. The molecule has 0 radical (unpaired) electrons. The molecule has 19 heavy (non-hydrogen) atoms. The number of hydrogen-bond acceptors (Lipinski definition) is 3. The van der Waals surface area contributed by atoms with Crippen LogP contribution in [0.15, 0.2) is 22.7 Å². The number of nitro groups is 1. The van der Waals surface area contributed by atoms with E-state index in [0.29, 0.717) is 12.0 Å². The molecule has 0 atom stereocenters. The highest BCUT2D eigenvalue weighted by Crippen LogP contribution is 2.33. The molecule has 5 heteroatoms. The monoisotopic (exact) mass is 326 g/mol. The third-order valence-electron chi connectivity index (χ3n) is 3.88. The van der Waals surface area contributed by atoms with E-state index in [9.17, 15) is 10.1 Å². The number of hydrogen-bond donors (Lipinski definition) is 0. The highest BCUT2D eigenvalue weighted by Gasteiger charge is 2.27. The van der Waals surface area contributed by atoms with Gasteiger partial charge in [0.15, 0.2) is 0 Å². The average Bonchev–Trinajstić information content (AvgIpc) is 2.33. The number of benzene rings is 1. The summed E-state index contributed by atoms with van der Waals surface area (Å²) in [5.74, 6) is 0. The maximum atomic E-state index is 11.1. The molecule has 0 saturated carbocycles. The molecule has 1 aliphatic rings. The van der Waals surface area contributed by atoms with Crippen molar-refractivity contribution in [2.24, 2.45) is 5.41 Å². The van der Waals surface area contributed by atoms with Crippen molar-refractivity contribution < 1.29 is 4.92 Å². The van der Waals surface area contributed by atoms with Gasteiger partial charge in [-0.15, -0.1) is 0 Å². The third kappa shape index (κ3) is 3.54. The Morgan fingerprint density at radius 2 is 2.00 bits per heavy atom. The van der Waals surface area contributed by atoms with Crippen LogP contribution in [0, 0.1) is 15.5 Å². The molecule has 1 aliphatic heterocycles. The summed E-state index contributed by atoms with van der Waals surface area (Å²) in [5.41, 5.74) is 1.39. The molecule has 0 unspecified atom stereocenters. The Morgan fingerprint density at radius 3 is 2.58 bits per heavy atom. The van der Waals surface area contributed by atoms with Gasteiger partial charge in [-0.2, -0.15) is 0 Å². The predicted molar refractivity (Wildman–Crippen MR) is 79.1 cm³/mol. The van der Waals surface area contributed by atoms with Crippen molar-refractivity contribution in [1.29, 1.82) is 0 Å². The number of halogens is 1. The standard InChI is InChI=1S/C14H19BrN2O2/c1-14(2)6-8-16(9-7-14)10-11-12(15)4-3-5-13(11)17(18)19/h3-5H,6-10H2,1-2H3. The Kier molecular flexibility index (Phi) is 4.26. The average molecular weight is 327 g/mol. The molecule has 1 saturated heterocycles. The van der Waals surface area contributed by atoms with Gasteiger partial charge in [-0.1, -0.05) is 35.8 Å². The summed E-state index contributed by atoms with van der Waals surface area (Å²) >= 11 is 3.43. The summed E-state index contributed by atoms with van der Waals surface area (Å²) in [5, 5.41) is 11.1. The number of nitro benzene ring substituents is 1. The first-order valence-corrected chi connectivity index (χ1v) is 7.32. The number of likely N-dealkylation sites (tertiary alicyclic amines) is 1. The predicted octanol–water partition coefficient (Wildman–Crippen LogP) is 3.98. The molecule has 1 aromatic carbocycles. The topological polar surface area (TPSA) is 46.4 Å². The fraction of sp³-hybridized carbons (Fsp3) is 0.571. The largest absolute Gasteiger partial charge is 0.299 e. The van der Waals surface area contributed by atoms with Crippen molar-refractivity contribution in [3.8, 4) is 0 Å². The lowest BCUT2D eigenvalue weighted by Crippen LogP contribution is -2.37. The van der Waals surface area contributed by atoms with Crippen molar-refractivity contribution in [1.82, 2.24) is 4.90 Å². The molecule has 1 aromatic rings. The van der Waals surface area contributed by atoms with Crippen LogP contribution in [0.1, 0.15) is 32.3 Å². The van der Waals surface area contributed by atoms with Gasteiger partial charge in [-0.05, 0) is 37.4 Å². The second-order valence-electron chi connectivity index (χ2n) is 5.93. The van der Waals surface area contributed by atoms with Gasteiger partial charge >= 0.3 is 0 Å². The van der Waals surface area contributed by atoms with Gasteiger partial charge < -0.3 is 0 Å². The minimum Gasteiger partial charge on any atom is -0.299 e. The van der Waals surface area contributed by atoms with Crippen LogP contribution in [0.4, 0.5) is 5.69 Å². The molecule has 0 N–H and O–H groups in total. The molecule has 0 bridgehead atoms. The van der Waals surface area contributed by atoms with Crippen molar-refractivity contribution in [3.63, 3.8) is 0 Å². The third-order valence-corrected chi connectivity index (χ3v) is 4.63. The van der Waals surface area contributed by atoms with E-state index >= 15 is 0 Å². The molecule has 0 amide bonds. The molecule has 1 heterocycles. The summed E-state index contributed by atoms with van der Waals surface area (Å²) in [6.45, 7) is 7.22. The van der Waals surface area contributed by atoms with E-state index in [1.807, 2.05) is 6.07 Å². The smallest absolute Gasteiger partial charge is 0.275 e. The van der Waals surface area contributed by atoms with Crippen LogP contribution in [-0.4, -0.2) is 22.9 Å². The Bertz CT molecular complexity index is 478. The highest BCUT2D eigenvalue weighted by atomic mass is 79.9. The lowest BCUT2D eigenvalue weighted by atomic mass is 9.82. The summed E-state index contributed by atoms with van der Waals surface area (Å²) in [4.78, 5) is 13.1. The Hall–Kier alpha value is -0.940. The zero-order valence-corrected chi connectivity index (χ0v) is 12.9. The van der Waals surface area contributed by atoms with E-state index in [2.05, 4.69) is 34.7 Å². The molecule has 0 spiro atoms. The number of rotatable bonds is 3. The molecule has 0 aliphatic carbocycles. The van der Waals surface area contributed by atoms with Gasteiger partial charge in [-0.25, -0.2) is 0 Å². The lowest BCUT2D eigenvalue weighted by Gasteiger charge is -2.36. The van der Waals surface area contributed by atoms with Crippen LogP contribution < -0.4 is 0 Å². The number of nitrogens with zero attached hydrogens (tertiary/aromatic N) is 2. The number of piperidine rings is 1. The van der Waals surface area contributed by atoms with E-state index in [-0.39, 0.29) is 10.6 Å². The van der Waals surface area contributed by atoms with Crippen molar-refractivity contribution in [2.75, 3.05) is 13.1 Å². The molecule has 104 valence electrons. The molecular formula is C14H19BrN2O2. The van der Waals surface area contributed by atoms with Crippen LogP contribution in [0.3, 0.4) is 0 Å². The summed E-state index contributed by atoms with van der Waals surface area (Å²) < 4.78 is 0.825. The van der Waals surface area contributed by atoms with Gasteiger partial charge in [0.1, 0.15) is 0 Å². The SMILES string of the molecule is CC1(C)CCN(Cc2c(Br)cccc2[N+](=O)[O-])CC1. The minimum absolute atomic E-state index is 0.208. The highest BCUT2D eigenvalue weighted by molar-refractivity contribution is 9.10. The second kappa shape index (κ2) is 5.59. The Labute approximate surface area is 122 Å². The van der Waals surface area contributed by atoms with Crippen LogP contribution in [0.2, 0.25) is 0 Å². The van der Waals surface area contributed by atoms with Gasteiger partial charge in [0.25, 0.3) is 5.69 Å². The van der Waals surface area contributed by atoms with Crippen LogP contribution in [0.5, 0.6) is 0 Å². The van der Waals surface area contributed by atoms with Gasteiger partial charge in [-0.3, -0.25) is 15.0 Å². The molecule has 2 rings (SSSR count). The quantitative estimate of drug-likeness (QED) is 0.623. The normalized spacial score (nSPS) is 19.3. The summed E-state index contributed by atoms with van der Waals surface area (Å²) in [6, 6.07) is 5.16. The first-order valence-electron chi connectivity index (χ1n) is 6.53. The minimum atomic E-state index is -0.298.